The Hall–Kier alpha value is -3.15. The summed E-state index contributed by atoms with van der Waals surface area (Å²) in [7, 11) is 0. The lowest BCUT2D eigenvalue weighted by molar-refractivity contribution is -0.147. The number of anilines is 1. The maximum absolute atomic E-state index is 13.8. The van der Waals surface area contributed by atoms with Gasteiger partial charge in [0, 0.05) is 24.1 Å². The maximum Gasteiger partial charge on any atom is 0.335 e. The number of aromatic carboxylic acids is 1. The molecule has 188 valence electrons. The highest BCUT2D eigenvalue weighted by molar-refractivity contribution is 5.99. The third kappa shape index (κ3) is 5.42. The van der Waals surface area contributed by atoms with Gasteiger partial charge in [0.15, 0.2) is 0 Å². The van der Waals surface area contributed by atoms with Crippen molar-refractivity contribution in [1.29, 1.82) is 0 Å². The van der Waals surface area contributed by atoms with E-state index in [-0.39, 0.29) is 35.8 Å². The number of benzene rings is 2. The van der Waals surface area contributed by atoms with Crippen molar-refractivity contribution in [2.75, 3.05) is 5.32 Å². The molecule has 0 saturated heterocycles. The second-order valence-corrected chi connectivity index (χ2v) is 10.8. The minimum Gasteiger partial charge on any atom is -0.478 e. The number of hydrogen-bond donors (Lipinski definition) is 2. The van der Waals surface area contributed by atoms with E-state index in [0.717, 1.165) is 27.9 Å². The number of nitrogens with zero attached hydrogens (tertiary/aromatic N) is 1. The fourth-order valence-corrected chi connectivity index (χ4v) is 4.61. The quantitative estimate of drug-likeness (QED) is 0.514. The Morgan fingerprint density at radius 1 is 1.03 bits per heavy atom. The summed E-state index contributed by atoms with van der Waals surface area (Å²) < 4.78 is 0. The number of carboxylic acid groups (broad SMARTS) is 1. The van der Waals surface area contributed by atoms with Crippen LogP contribution in [0.25, 0.3) is 0 Å². The zero-order valence-electron chi connectivity index (χ0n) is 21.9. The van der Waals surface area contributed by atoms with E-state index in [4.69, 9.17) is 0 Å². The Morgan fingerprint density at radius 2 is 1.63 bits per heavy atom. The molecule has 0 aromatic heterocycles. The maximum atomic E-state index is 13.8. The van der Waals surface area contributed by atoms with Gasteiger partial charge in [-0.05, 0) is 52.6 Å². The molecule has 2 amide bonds. The summed E-state index contributed by atoms with van der Waals surface area (Å²) >= 11 is 0. The van der Waals surface area contributed by atoms with Gasteiger partial charge in [-0.3, -0.25) is 9.59 Å². The van der Waals surface area contributed by atoms with Gasteiger partial charge in [0.2, 0.25) is 11.8 Å². The zero-order chi connectivity index (χ0) is 26.1. The molecule has 1 atom stereocenters. The molecule has 1 heterocycles. The van der Waals surface area contributed by atoms with Crippen LogP contribution >= 0.6 is 0 Å². The number of carboxylic acids is 1. The van der Waals surface area contributed by atoms with E-state index in [1.165, 1.54) is 0 Å². The van der Waals surface area contributed by atoms with Crippen LogP contribution in [-0.2, 0) is 22.6 Å². The molecular formula is C29H38N2O4. The molecule has 0 aliphatic carbocycles. The predicted octanol–water partition coefficient (Wildman–Crippen LogP) is 5.96. The third-order valence-electron chi connectivity index (χ3n) is 7.23. The van der Waals surface area contributed by atoms with E-state index < -0.39 is 17.4 Å². The second kappa shape index (κ2) is 10.2. The number of amides is 2. The molecule has 1 aliphatic rings. The average molecular weight is 479 g/mol. The highest BCUT2D eigenvalue weighted by atomic mass is 16.4. The molecule has 6 nitrogen and oxygen atoms in total. The first kappa shape index (κ1) is 26.5. The van der Waals surface area contributed by atoms with Gasteiger partial charge in [-0.2, -0.15) is 0 Å². The van der Waals surface area contributed by atoms with Crippen LogP contribution in [0.1, 0.15) is 99.3 Å². The van der Waals surface area contributed by atoms with Gasteiger partial charge in [-0.15, -0.1) is 0 Å². The van der Waals surface area contributed by atoms with Crippen molar-refractivity contribution in [2.24, 2.45) is 5.41 Å². The SMILES string of the molecule is CCC(C)(C)C(=O)N1Cc2cc(C(=O)O)ccc2CC1C(=O)Nc1c(C(C)C)cccc1C(C)C. The molecule has 6 heteroatoms. The van der Waals surface area contributed by atoms with Crippen LogP contribution in [0.15, 0.2) is 36.4 Å². The first-order valence-electron chi connectivity index (χ1n) is 12.5. The molecule has 2 aromatic rings. The molecule has 3 rings (SSSR count). The molecule has 0 saturated carbocycles. The molecule has 0 fully saturated rings. The van der Waals surface area contributed by atoms with E-state index in [1.807, 2.05) is 39.0 Å². The highest BCUT2D eigenvalue weighted by Gasteiger charge is 2.40. The van der Waals surface area contributed by atoms with Crippen LogP contribution in [0.5, 0.6) is 0 Å². The normalized spacial score (nSPS) is 15.8. The lowest BCUT2D eigenvalue weighted by Crippen LogP contribution is -2.54. The Morgan fingerprint density at radius 3 is 2.14 bits per heavy atom. The number of carbonyl (C=O) groups is 3. The van der Waals surface area contributed by atoms with Crippen molar-refractivity contribution in [3.05, 3.63) is 64.2 Å². The molecule has 1 unspecified atom stereocenters. The van der Waals surface area contributed by atoms with Gasteiger partial charge in [0.05, 0.1) is 5.56 Å². The molecule has 35 heavy (non-hydrogen) atoms. The van der Waals surface area contributed by atoms with Crippen molar-refractivity contribution >= 4 is 23.5 Å². The molecular weight excluding hydrogens is 440 g/mol. The van der Waals surface area contributed by atoms with E-state index in [1.54, 1.807) is 23.1 Å². The molecule has 0 bridgehead atoms. The summed E-state index contributed by atoms with van der Waals surface area (Å²) in [5.74, 6) is -0.878. The smallest absolute Gasteiger partial charge is 0.335 e. The summed E-state index contributed by atoms with van der Waals surface area (Å²) in [4.78, 5) is 40.6. The number of hydrogen-bond acceptors (Lipinski definition) is 3. The van der Waals surface area contributed by atoms with Gasteiger partial charge in [0.25, 0.3) is 0 Å². The van der Waals surface area contributed by atoms with E-state index >= 15 is 0 Å². The molecule has 1 aliphatic heterocycles. The van der Waals surface area contributed by atoms with Gasteiger partial charge in [-0.25, -0.2) is 4.79 Å². The zero-order valence-corrected chi connectivity index (χ0v) is 21.9. The number of nitrogens with one attached hydrogen (secondary N) is 1. The molecule has 0 spiro atoms. The fraction of sp³-hybridized carbons (Fsp3) is 0.483. The summed E-state index contributed by atoms with van der Waals surface area (Å²) in [6, 6.07) is 10.4. The third-order valence-corrected chi connectivity index (χ3v) is 7.23. The lowest BCUT2D eigenvalue weighted by atomic mass is 9.85. The van der Waals surface area contributed by atoms with Gasteiger partial charge in [-0.1, -0.05) is 72.7 Å². The predicted molar refractivity (Wildman–Crippen MR) is 139 cm³/mol. The molecule has 2 N–H and O–H groups in total. The summed E-state index contributed by atoms with van der Waals surface area (Å²) in [6.07, 6.45) is 0.972. The molecule has 2 aromatic carbocycles. The largest absolute Gasteiger partial charge is 0.478 e. The number of para-hydroxylation sites is 1. The molecule has 0 radical (unpaired) electrons. The van der Waals surface area contributed by atoms with Gasteiger partial charge in [0.1, 0.15) is 6.04 Å². The highest BCUT2D eigenvalue weighted by Crippen LogP contribution is 2.35. The first-order chi connectivity index (χ1) is 16.4. The van der Waals surface area contributed by atoms with E-state index in [2.05, 4.69) is 33.0 Å². The minimum atomic E-state index is -1.01. The monoisotopic (exact) mass is 478 g/mol. The number of rotatable bonds is 7. The second-order valence-electron chi connectivity index (χ2n) is 10.8. The Kier molecular flexibility index (Phi) is 7.73. The Bertz CT molecular complexity index is 1110. The van der Waals surface area contributed by atoms with Crippen LogP contribution < -0.4 is 5.32 Å². The van der Waals surface area contributed by atoms with Crippen LogP contribution in [0, 0.1) is 5.41 Å². The van der Waals surface area contributed by atoms with Crippen LogP contribution in [0.3, 0.4) is 0 Å². The Balaban J connectivity index is 2.05. The lowest BCUT2D eigenvalue weighted by Gasteiger charge is -2.40. The van der Waals surface area contributed by atoms with Crippen LogP contribution in [0.4, 0.5) is 5.69 Å². The summed E-state index contributed by atoms with van der Waals surface area (Å²) in [5, 5.41) is 12.6. The summed E-state index contributed by atoms with van der Waals surface area (Å²) in [5.41, 5.74) is 4.18. The van der Waals surface area contributed by atoms with E-state index in [0.29, 0.717) is 12.8 Å². The summed E-state index contributed by atoms with van der Waals surface area (Å²) in [6.45, 7) is 14.4. The minimum absolute atomic E-state index is 0.104. The van der Waals surface area contributed by atoms with Crippen molar-refractivity contribution in [3.63, 3.8) is 0 Å². The number of carbonyl (C=O) groups excluding carboxylic acids is 2. The first-order valence-corrected chi connectivity index (χ1v) is 12.5. The average Bonchev–Trinajstić information content (AvgIpc) is 2.81. The van der Waals surface area contributed by atoms with Crippen molar-refractivity contribution < 1.29 is 19.5 Å². The fourth-order valence-electron chi connectivity index (χ4n) is 4.61. The van der Waals surface area contributed by atoms with Crippen molar-refractivity contribution in [2.45, 2.75) is 85.7 Å². The van der Waals surface area contributed by atoms with E-state index in [9.17, 15) is 19.5 Å². The Labute approximate surface area is 208 Å². The topological polar surface area (TPSA) is 86.7 Å². The standard InChI is InChI=1S/C29H38N2O4/c1-8-29(6,7)28(35)31-16-21-14-20(27(33)34)13-12-19(21)15-24(31)26(32)30-25-22(17(2)3)10-9-11-23(25)18(4)5/h9-14,17-18,24H,8,15-16H2,1-7H3,(H,30,32)(H,33,34). The van der Waals surface area contributed by atoms with Crippen LogP contribution in [0.2, 0.25) is 0 Å². The van der Waals surface area contributed by atoms with Gasteiger partial charge >= 0.3 is 5.97 Å². The number of fused-ring (bicyclic) bond motifs is 1. The van der Waals surface area contributed by atoms with Crippen molar-refractivity contribution in [1.82, 2.24) is 4.90 Å². The van der Waals surface area contributed by atoms with Gasteiger partial charge < -0.3 is 15.3 Å². The van der Waals surface area contributed by atoms with Crippen LogP contribution in [-0.4, -0.2) is 33.8 Å². The van der Waals surface area contributed by atoms with Crippen molar-refractivity contribution in [3.8, 4) is 0 Å².